The molecule has 19 heavy (non-hydrogen) atoms. The topological polar surface area (TPSA) is 59.8 Å². The molecule has 5 heteroatoms. The smallest absolute Gasteiger partial charge is 0.161 e. The van der Waals surface area contributed by atoms with Gasteiger partial charge in [-0.2, -0.15) is 0 Å². The lowest BCUT2D eigenvalue weighted by Gasteiger charge is -2.35. The minimum atomic E-state index is 0.262. The van der Waals surface area contributed by atoms with Crippen LogP contribution < -0.4 is 20.5 Å². The molecule has 104 valence electrons. The van der Waals surface area contributed by atoms with Crippen LogP contribution in [0.25, 0.3) is 0 Å². The first-order chi connectivity index (χ1) is 9.38. The Balaban J connectivity index is 1.82. The Morgan fingerprint density at radius 2 is 1.89 bits per heavy atom. The Labute approximate surface area is 113 Å². The third kappa shape index (κ3) is 2.68. The molecule has 5 nitrogen and oxygen atoms in total. The fourth-order valence-electron chi connectivity index (χ4n) is 2.76. The van der Waals surface area contributed by atoms with Gasteiger partial charge >= 0.3 is 0 Å². The maximum absolute atomic E-state index is 5.98. The first-order valence-electron chi connectivity index (χ1n) is 6.93. The highest BCUT2D eigenvalue weighted by Crippen LogP contribution is 2.33. The standard InChI is InChI=1S/C14H21N3O2/c15-10-12(17-5-3-16-4-6-17)11-1-2-13-14(9-11)19-8-7-18-13/h1-2,9,12,16H,3-8,10,15H2. The first kappa shape index (κ1) is 12.7. The number of piperazine rings is 1. The van der Waals surface area contributed by atoms with E-state index in [1.165, 1.54) is 5.56 Å². The lowest BCUT2D eigenvalue weighted by Crippen LogP contribution is -2.46. The van der Waals surface area contributed by atoms with E-state index >= 15 is 0 Å². The monoisotopic (exact) mass is 263 g/mol. The minimum Gasteiger partial charge on any atom is -0.486 e. The molecule has 3 N–H and O–H groups in total. The summed E-state index contributed by atoms with van der Waals surface area (Å²) in [5.74, 6) is 1.68. The molecule has 1 atom stereocenters. The van der Waals surface area contributed by atoms with Crippen LogP contribution >= 0.6 is 0 Å². The van der Waals surface area contributed by atoms with Crippen LogP contribution in [0.15, 0.2) is 18.2 Å². The van der Waals surface area contributed by atoms with Gasteiger partial charge in [-0.1, -0.05) is 6.07 Å². The highest BCUT2D eigenvalue weighted by molar-refractivity contribution is 5.44. The zero-order valence-electron chi connectivity index (χ0n) is 11.1. The predicted molar refractivity (Wildman–Crippen MR) is 73.7 cm³/mol. The number of hydrogen-bond donors (Lipinski definition) is 2. The van der Waals surface area contributed by atoms with Crippen molar-refractivity contribution < 1.29 is 9.47 Å². The van der Waals surface area contributed by atoms with Gasteiger partial charge in [0.15, 0.2) is 11.5 Å². The Morgan fingerprint density at radius 3 is 2.63 bits per heavy atom. The van der Waals surface area contributed by atoms with Gasteiger partial charge < -0.3 is 20.5 Å². The average molecular weight is 263 g/mol. The van der Waals surface area contributed by atoms with E-state index in [-0.39, 0.29) is 6.04 Å². The van der Waals surface area contributed by atoms with Crippen molar-refractivity contribution in [2.45, 2.75) is 6.04 Å². The van der Waals surface area contributed by atoms with E-state index < -0.39 is 0 Å². The van der Waals surface area contributed by atoms with Crippen molar-refractivity contribution in [3.8, 4) is 11.5 Å². The highest BCUT2D eigenvalue weighted by Gasteiger charge is 2.22. The maximum Gasteiger partial charge on any atom is 0.161 e. The summed E-state index contributed by atoms with van der Waals surface area (Å²) in [4.78, 5) is 2.43. The van der Waals surface area contributed by atoms with E-state index in [9.17, 15) is 0 Å². The van der Waals surface area contributed by atoms with Gasteiger partial charge in [0.05, 0.1) is 0 Å². The first-order valence-corrected chi connectivity index (χ1v) is 6.93. The SMILES string of the molecule is NCC(c1ccc2c(c1)OCCO2)N1CCNCC1. The summed E-state index contributed by atoms with van der Waals surface area (Å²) in [5, 5.41) is 3.37. The van der Waals surface area contributed by atoms with Crippen molar-refractivity contribution >= 4 is 0 Å². The molecule has 2 aliphatic rings. The summed E-state index contributed by atoms with van der Waals surface area (Å²) in [6, 6.07) is 6.44. The van der Waals surface area contributed by atoms with Crippen LogP contribution in [0.5, 0.6) is 11.5 Å². The zero-order chi connectivity index (χ0) is 13.1. The third-order valence-corrected chi connectivity index (χ3v) is 3.77. The van der Waals surface area contributed by atoms with E-state index in [0.717, 1.165) is 37.7 Å². The largest absolute Gasteiger partial charge is 0.486 e. The van der Waals surface area contributed by atoms with Gasteiger partial charge in [-0.25, -0.2) is 0 Å². The van der Waals surface area contributed by atoms with E-state index in [0.29, 0.717) is 19.8 Å². The lowest BCUT2D eigenvalue weighted by atomic mass is 10.0. The van der Waals surface area contributed by atoms with Gasteiger partial charge in [0.2, 0.25) is 0 Å². The summed E-state index contributed by atoms with van der Waals surface area (Å²) in [5.41, 5.74) is 7.19. The molecule has 0 saturated carbocycles. The minimum absolute atomic E-state index is 0.262. The van der Waals surface area contributed by atoms with E-state index in [1.807, 2.05) is 6.07 Å². The number of benzene rings is 1. The Morgan fingerprint density at radius 1 is 1.16 bits per heavy atom. The molecule has 1 aromatic rings. The van der Waals surface area contributed by atoms with Crippen molar-refractivity contribution in [2.24, 2.45) is 5.73 Å². The van der Waals surface area contributed by atoms with E-state index in [1.54, 1.807) is 0 Å². The Hall–Kier alpha value is -1.30. The Bertz CT molecular complexity index is 433. The third-order valence-electron chi connectivity index (χ3n) is 3.77. The fourth-order valence-corrected chi connectivity index (χ4v) is 2.76. The van der Waals surface area contributed by atoms with Gasteiger partial charge in [-0.3, -0.25) is 4.90 Å². The zero-order valence-corrected chi connectivity index (χ0v) is 11.1. The summed E-state index contributed by atoms with van der Waals surface area (Å²) in [6.07, 6.45) is 0. The molecule has 1 saturated heterocycles. The predicted octanol–water partition coefficient (Wildman–Crippen LogP) is 0.363. The second kappa shape index (κ2) is 5.77. The molecule has 1 fully saturated rings. The maximum atomic E-state index is 5.98. The number of nitrogens with zero attached hydrogens (tertiary/aromatic N) is 1. The van der Waals surface area contributed by atoms with Crippen molar-refractivity contribution in [2.75, 3.05) is 45.9 Å². The second-order valence-corrected chi connectivity index (χ2v) is 4.94. The summed E-state index contributed by atoms with van der Waals surface area (Å²) >= 11 is 0. The molecule has 0 spiro atoms. The quantitative estimate of drug-likeness (QED) is 0.825. The fraction of sp³-hybridized carbons (Fsp3) is 0.571. The van der Waals surface area contributed by atoms with Crippen molar-refractivity contribution in [3.05, 3.63) is 23.8 Å². The number of fused-ring (bicyclic) bond motifs is 1. The summed E-state index contributed by atoms with van der Waals surface area (Å²) in [6.45, 7) is 6.01. The number of ether oxygens (including phenoxy) is 2. The summed E-state index contributed by atoms with van der Waals surface area (Å²) < 4.78 is 11.2. The molecule has 1 aromatic carbocycles. The van der Waals surface area contributed by atoms with Crippen LogP contribution in [0.2, 0.25) is 0 Å². The van der Waals surface area contributed by atoms with Crippen LogP contribution in [0.3, 0.4) is 0 Å². The lowest BCUT2D eigenvalue weighted by molar-refractivity contribution is 0.166. The molecule has 0 amide bonds. The number of nitrogens with one attached hydrogen (secondary N) is 1. The van der Waals surface area contributed by atoms with Crippen molar-refractivity contribution in [1.29, 1.82) is 0 Å². The number of nitrogens with two attached hydrogens (primary N) is 1. The average Bonchev–Trinajstić information content (AvgIpc) is 2.49. The van der Waals surface area contributed by atoms with Crippen LogP contribution in [0.1, 0.15) is 11.6 Å². The van der Waals surface area contributed by atoms with E-state index in [2.05, 4.69) is 22.3 Å². The molecule has 0 aromatic heterocycles. The van der Waals surface area contributed by atoms with Gasteiger partial charge in [-0.05, 0) is 17.7 Å². The summed E-state index contributed by atoms with van der Waals surface area (Å²) in [7, 11) is 0. The normalized spacial score (nSPS) is 21.1. The molecular weight excluding hydrogens is 242 g/mol. The molecule has 2 heterocycles. The van der Waals surface area contributed by atoms with Crippen LogP contribution in [0, 0.1) is 0 Å². The van der Waals surface area contributed by atoms with Gasteiger partial charge in [0.25, 0.3) is 0 Å². The molecule has 2 aliphatic heterocycles. The van der Waals surface area contributed by atoms with E-state index in [4.69, 9.17) is 15.2 Å². The van der Waals surface area contributed by atoms with Gasteiger partial charge in [-0.15, -0.1) is 0 Å². The van der Waals surface area contributed by atoms with Gasteiger partial charge in [0, 0.05) is 38.8 Å². The number of rotatable bonds is 3. The highest BCUT2D eigenvalue weighted by atomic mass is 16.6. The second-order valence-electron chi connectivity index (χ2n) is 4.94. The number of hydrogen-bond acceptors (Lipinski definition) is 5. The molecule has 0 radical (unpaired) electrons. The molecule has 0 aliphatic carbocycles. The van der Waals surface area contributed by atoms with Crippen LogP contribution in [-0.2, 0) is 0 Å². The van der Waals surface area contributed by atoms with Gasteiger partial charge in [0.1, 0.15) is 13.2 Å². The van der Waals surface area contributed by atoms with Crippen molar-refractivity contribution in [1.82, 2.24) is 10.2 Å². The molecule has 0 bridgehead atoms. The molecule has 1 unspecified atom stereocenters. The molecule has 3 rings (SSSR count). The van der Waals surface area contributed by atoms with Crippen molar-refractivity contribution in [3.63, 3.8) is 0 Å². The molecular formula is C14H21N3O2. The Kier molecular flexibility index (Phi) is 3.87. The van der Waals surface area contributed by atoms with Crippen LogP contribution in [0.4, 0.5) is 0 Å². The van der Waals surface area contributed by atoms with Crippen LogP contribution in [-0.4, -0.2) is 50.8 Å².